The van der Waals surface area contributed by atoms with Crippen molar-refractivity contribution in [3.63, 3.8) is 0 Å². The number of para-hydroxylation sites is 1. The molecule has 0 amide bonds. The molecule has 2 fully saturated rings. The van der Waals surface area contributed by atoms with E-state index in [2.05, 4.69) is 10.3 Å². The zero-order chi connectivity index (χ0) is 27.7. The highest BCUT2D eigenvalue weighted by Gasteiger charge is 2.50. The van der Waals surface area contributed by atoms with Crippen molar-refractivity contribution < 1.29 is 32.6 Å². The molecule has 2 heterocycles. The summed E-state index contributed by atoms with van der Waals surface area (Å²) in [6.45, 7) is 2.42. The van der Waals surface area contributed by atoms with Gasteiger partial charge in [0.2, 0.25) is 5.78 Å². The summed E-state index contributed by atoms with van der Waals surface area (Å²) in [6, 6.07) is 8.22. The molecular weight excluding hydrogens is 532 g/mol. The van der Waals surface area contributed by atoms with E-state index >= 15 is 8.78 Å². The van der Waals surface area contributed by atoms with Crippen LogP contribution in [0.5, 0.6) is 0 Å². The molecule has 2 N–H and O–H groups in total. The lowest BCUT2D eigenvalue weighted by Gasteiger charge is -2.39. The van der Waals surface area contributed by atoms with Gasteiger partial charge in [-0.25, -0.2) is 9.29 Å². The van der Waals surface area contributed by atoms with E-state index in [1.54, 1.807) is 12.1 Å². The Morgan fingerprint density at radius 1 is 1.21 bits per heavy atom. The molecule has 3 atom stereocenters. The zero-order valence-electron chi connectivity index (χ0n) is 21.5. The number of carboxylic acids is 1. The van der Waals surface area contributed by atoms with E-state index in [0.29, 0.717) is 49.2 Å². The van der Waals surface area contributed by atoms with Gasteiger partial charge in [-0.3, -0.25) is 9.59 Å². The number of benzene rings is 2. The highest BCUT2D eigenvalue weighted by atomic mass is 35.5. The van der Waals surface area contributed by atoms with E-state index in [1.165, 1.54) is 17.0 Å². The number of hydrogen-bond acceptors (Lipinski definition) is 7. The van der Waals surface area contributed by atoms with Crippen molar-refractivity contribution in [3.05, 3.63) is 52.3 Å². The Balaban J connectivity index is 1.40. The van der Waals surface area contributed by atoms with Gasteiger partial charge in [-0.1, -0.05) is 42.6 Å². The fraction of sp³-hybridized carbons (Fsp3) is 0.464. The van der Waals surface area contributed by atoms with Crippen LogP contribution in [0, 0.1) is 18.7 Å². The van der Waals surface area contributed by atoms with Gasteiger partial charge in [0.1, 0.15) is 5.52 Å². The van der Waals surface area contributed by atoms with Gasteiger partial charge in [-0.05, 0) is 55.9 Å². The number of nitrogens with zero attached hydrogens (tertiary/aromatic N) is 2. The lowest BCUT2D eigenvalue weighted by Crippen LogP contribution is -2.56. The van der Waals surface area contributed by atoms with Gasteiger partial charge in [0.25, 0.3) is 6.01 Å². The topological polar surface area (TPSA) is 105 Å². The van der Waals surface area contributed by atoms with E-state index in [4.69, 9.17) is 20.8 Å². The summed E-state index contributed by atoms with van der Waals surface area (Å²) in [6.07, 6.45) is 1.86. The van der Waals surface area contributed by atoms with Crippen molar-refractivity contribution in [1.29, 1.82) is 0 Å². The number of ketones is 1. The number of carboxylic acid groups (broad SMARTS) is 1. The summed E-state index contributed by atoms with van der Waals surface area (Å²) in [7, 11) is 0. The predicted octanol–water partition coefficient (Wildman–Crippen LogP) is 6.16. The van der Waals surface area contributed by atoms with E-state index in [0.717, 1.165) is 5.56 Å². The number of rotatable bonds is 9. The number of fused-ring (bicyclic) bond motifs is 1. The number of anilines is 2. The molecule has 1 saturated heterocycles. The van der Waals surface area contributed by atoms with Gasteiger partial charge in [-0.2, -0.15) is 9.37 Å². The lowest BCUT2D eigenvalue weighted by molar-refractivity contribution is -0.258. The molecule has 208 valence electrons. The number of halogens is 3. The van der Waals surface area contributed by atoms with Crippen LogP contribution < -0.4 is 5.32 Å². The van der Waals surface area contributed by atoms with E-state index in [1.807, 2.05) is 13.0 Å². The van der Waals surface area contributed by atoms with Crippen LogP contribution in [0.4, 0.5) is 20.5 Å². The first kappa shape index (κ1) is 27.5. The number of oxazole rings is 1. The molecule has 8 nitrogen and oxygen atoms in total. The van der Waals surface area contributed by atoms with Gasteiger partial charge in [-0.15, -0.1) is 0 Å². The summed E-state index contributed by atoms with van der Waals surface area (Å²) in [4.78, 5) is 30.8. The Bertz CT molecular complexity index is 1370. The van der Waals surface area contributed by atoms with Crippen molar-refractivity contribution >= 4 is 46.2 Å². The molecule has 1 saturated carbocycles. The number of alkyl halides is 1. The molecule has 5 rings (SSSR count). The first-order valence-electron chi connectivity index (χ1n) is 13.2. The summed E-state index contributed by atoms with van der Waals surface area (Å²) >= 11 is 6.26. The Morgan fingerprint density at radius 2 is 1.95 bits per heavy atom. The molecular formula is C28H30ClF2N3O5. The Morgan fingerprint density at radius 3 is 2.67 bits per heavy atom. The van der Waals surface area contributed by atoms with Gasteiger partial charge >= 0.3 is 11.9 Å². The second kappa shape index (κ2) is 11.2. The minimum absolute atomic E-state index is 0.0147. The second-order valence-electron chi connectivity index (χ2n) is 10.2. The average molecular weight is 562 g/mol. The smallest absolute Gasteiger partial charge is 0.330 e. The van der Waals surface area contributed by atoms with Crippen molar-refractivity contribution in [2.45, 2.75) is 64.0 Å². The minimum atomic E-state index is -2.86. The van der Waals surface area contributed by atoms with E-state index in [-0.39, 0.29) is 35.8 Å². The number of aryl methyl sites for hydroxylation is 1. The number of nitrogens with one attached hydrogen (secondary N) is 1. The first-order chi connectivity index (χ1) is 18.7. The van der Waals surface area contributed by atoms with Crippen molar-refractivity contribution in [2.75, 3.05) is 18.4 Å². The molecule has 11 heteroatoms. The van der Waals surface area contributed by atoms with E-state index < -0.39 is 42.0 Å². The number of aromatic nitrogens is 1. The standard InChI is InChI=1S/C28H30ClF2N3O5/c1-16-7-6-9-19(29)24(16)33-27-32-20-12-11-17(23(30)25(20)38-27)15-22(35)28(31,34-13-4-5-14-34)39-21-10-3-2-8-18(21)26(36)37/h6-7,9,11-12,18,21H,2-5,8,10,13-15H2,1H3,(H,32,33)(H,36,37). The van der Waals surface area contributed by atoms with Crippen LogP contribution in [-0.2, 0) is 20.7 Å². The number of ether oxygens (including phenoxy) is 1. The molecule has 2 aliphatic rings. The van der Waals surface area contributed by atoms with Crippen molar-refractivity contribution in [3.8, 4) is 0 Å². The van der Waals surface area contributed by atoms with Gasteiger partial charge in [0.15, 0.2) is 11.4 Å². The molecule has 3 unspecified atom stereocenters. The normalized spacial score (nSPS) is 21.6. The third-order valence-corrected chi connectivity index (χ3v) is 7.88. The van der Waals surface area contributed by atoms with Crippen LogP contribution in [-0.4, -0.2) is 51.9 Å². The highest BCUT2D eigenvalue weighted by Crippen LogP contribution is 2.36. The summed E-state index contributed by atoms with van der Waals surface area (Å²) in [5, 5.41) is 13.0. The first-order valence-corrected chi connectivity index (χ1v) is 13.5. The summed E-state index contributed by atoms with van der Waals surface area (Å²) in [5.74, 6) is -6.65. The monoisotopic (exact) mass is 561 g/mol. The summed E-state index contributed by atoms with van der Waals surface area (Å²) in [5.41, 5.74) is 1.35. The third-order valence-electron chi connectivity index (χ3n) is 7.57. The molecule has 1 aromatic heterocycles. The van der Waals surface area contributed by atoms with Crippen LogP contribution in [0.25, 0.3) is 11.1 Å². The molecule has 0 spiro atoms. The van der Waals surface area contributed by atoms with Crippen LogP contribution in [0.15, 0.2) is 34.7 Å². The second-order valence-corrected chi connectivity index (χ2v) is 10.6. The molecule has 0 bridgehead atoms. The van der Waals surface area contributed by atoms with E-state index in [9.17, 15) is 14.7 Å². The molecule has 1 aliphatic carbocycles. The Kier molecular flexibility index (Phi) is 7.89. The van der Waals surface area contributed by atoms with Crippen LogP contribution >= 0.6 is 11.6 Å². The number of carbonyl (C=O) groups is 2. The van der Waals surface area contributed by atoms with Crippen molar-refractivity contribution in [2.24, 2.45) is 5.92 Å². The largest absolute Gasteiger partial charge is 0.481 e. The fourth-order valence-corrected chi connectivity index (χ4v) is 5.68. The van der Waals surface area contributed by atoms with Gasteiger partial charge in [0.05, 0.1) is 22.7 Å². The SMILES string of the molecule is Cc1cccc(Cl)c1Nc1nc2ccc(CC(=O)C(F)(OC3CCCCC3C(=O)O)N3CCCC3)c(F)c2o1. The number of likely N-dealkylation sites (tertiary alicyclic amines) is 1. The quantitative estimate of drug-likeness (QED) is 0.299. The predicted molar refractivity (Wildman–Crippen MR) is 141 cm³/mol. The molecule has 3 aromatic rings. The van der Waals surface area contributed by atoms with Gasteiger partial charge in [0, 0.05) is 19.5 Å². The van der Waals surface area contributed by atoms with Crippen LogP contribution in [0.3, 0.4) is 0 Å². The number of aliphatic carboxylic acids is 1. The maximum Gasteiger partial charge on any atom is 0.330 e. The zero-order valence-corrected chi connectivity index (χ0v) is 22.3. The molecule has 39 heavy (non-hydrogen) atoms. The Hall–Kier alpha value is -3.08. The maximum absolute atomic E-state index is 16.5. The molecule has 2 aromatic carbocycles. The lowest BCUT2D eigenvalue weighted by atomic mass is 9.86. The Labute approximate surface area is 229 Å². The highest BCUT2D eigenvalue weighted by molar-refractivity contribution is 6.33. The fourth-order valence-electron chi connectivity index (χ4n) is 5.41. The van der Waals surface area contributed by atoms with Gasteiger partial charge < -0.3 is 19.6 Å². The van der Waals surface area contributed by atoms with Crippen LogP contribution in [0.2, 0.25) is 5.02 Å². The third kappa shape index (κ3) is 5.50. The van der Waals surface area contributed by atoms with Crippen LogP contribution in [0.1, 0.15) is 49.7 Å². The summed E-state index contributed by atoms with van der Waals surface area (Å²) < 4.78 is 43.4. The minimum Gasteiger partial charge on any atom is -0.481 e. The molecule has 0 radical (unpaired) electrons. The molecule has 1 aliphatic heterocycles. The maximum atomic E-state index is 16.5. The number of hydrogen-bond donors (Lipinski definition) is 2. The van der Waals surface area contributed by atoms with Crippen molar-refractivity contribution in [1.82, 2.24) is 9.88 Å². The average Bonchev–Trinajstić information content (AvgIpc) is 3.59. The number of carbonyl (C=O) groups excluding carboxylic acids is 1. The number of Topliss-reactive ketones (excluding diaryl/α,β-unsaturated/α-hetero) is 1.